The molecule has 1 aliphatic rings. The molecule has 0 saturated heterocycles. The maximum Gasteiger partial charge on any atom is 0.407 e. The predicted octanol–water partition coefficient (Wildman–Crippen LogP) is 3.92. The standard InChI is InChI=1S/C23H31N7O2/c1-23(2,3)32-22(31)28-19-8-6-5-7-15(19)10-25-21-26-11-16-9-24-13-18(20(16)29-21)17-12-27-30(4)14-17/h9,11-15,19H,5-8,10H2,1-4H3,(H,28,31)(H,25,26,29). The minimum absolute atomic E-state index is 0.0710. The fourth-order valence-electron chi connectivity index (χ4n) is 4.13. The van der Waals surface area contributed by atoms with Gasteiger partial charge < -0.3 is 15.4 Å². The van der Waals surface area contributed by atoms with Gasteiger partial charge in [-0.3, -0.25) is 9.67 Å². The van der Waals surface area contributed by atoms with E-state index in [1.54, 1.807) is 29.5 Å². The van der Waals surface area contributed by atoms with Gasteiger partial charge in [-0.2, -0.15) is 5.10 Å². The van der Waals surface area contributed by atoms with E-state index < -0.39 is 5.60 Å². The van der Waals surface area contributed by atoms with E-state index in [0.29, 0.717) is 12.5 Å². The molecule has 1 aliphatic carbocycles. The number of amides is 1. The van der Waals surface area contributed by atoms with Crippen molar-refractivity contribution in [2.45, 2.75) is 58.1 Å². The topological polar surface area (TPSA) is 107 Å². The Morgan fingerprint density at radius 2 is 2.00 bits per heavy atom. The number of carbonyl (C=O) groups excluding carboxylic acids is 1. The summed E-state index contributed by atoms with van der Waals surface area (Å²) in [6, 6.07) is 0.0710. The van der Waals surface area contributed by atoms with Gasteiger partial charge in [-0.25, -0.2) is 14.8 Å². The summed E-state index contributed by atoms with van der Waals surface area (Å²) in [6.07, 6.45) is 13.0. The highest BCUT2D eigenvalue weighted by Gasteiger charge is 2.28. The van der Waals surface area contributed by atoms with E-state index in [0.717, 1.165) is 47.7 Å². The SMILES string of the molecule is Cn1cc(-c2cncc3cnc(NCC4CCCCC4NC(=O)OC(C)(C)C)nc23)cn1. The number of nitrogens with zero attached hydrogens (tertiary/aromatic N) is 5. The number of alkyl carbamates (subject to hydrolysis) is 1. The van der Waals surface area contributed by atoms with Crippen LogP contribution in [0.2, 0.25) is 0 Å². The van der Waals surface area contributed by atoms with Crippen molar-refractivity contribution in [1.82, 2.24) is 30.0 Å². The number of aromatic nitrogens is 5. The molecule has 4 rings (SSSR count). The lowest BCUT2D eigenvalue weighted by atomic mass is 9.84. The predicted molar refractivity (Wildman–Crippen MR) is 123 cm³/mol. The maximum atomic E-state index is 12.3. The van der Waals surface area contributed by atoms with Gasteiger partial charge in [0.2, 0.25) is 5.95 Å². The number of ether oxygens (including phenoxy) is 1. The van der Waals surface area contributed by atoms with Crippen LogP contribution in [-0.2, 0) is 11.8 Å². The highest BCUT2D eigenvalue weighted by Crippen LogP contribution is 2.27. The second-order valence-corrected chi connectivity index (χ2v) is 9.40. The first-order chi connectivity index (χ1) is 15.3. The third kappa shape index (κ3) is 5.33. The quantitative estimate of drug-likeness (QED) is 0.623. The van der Waals surface area contributed by atoms with Gasteiger partial charge >= 0.3 is 6.09 Å². The van der Waals surface area contributed by atoms with Crippen LogP contribution in [0.3, 0.4) is 0 Å². The Labute approximate surface area is 188 Å². The van der Waals surface area contributed by atoms with E-state index in [2.05, 4.69) is 25.7 Å². The Hall–Kier alpha value is -3.23. The summed E-state index contributed by atoms with van der Waals surface area (Å²) < 4.78 is 7.21. The molecule has 1 saturated carbocycles. The van der Waals surface area contributed by atoms with Gasteiger partial charge in [0.1, 0.15) is 5.60 Å². The minimum atomic E-state index is -0.508. The molecule has 0 spiro atoms. The summed E-state index contributed by atoms with van der Waals surface area (Å²) >= 11 is 0. The van der Waals surface area contributed by atoms with E-state index >= 15 is 0 Å². The molecule has 0 bridgehead atoms. The Morgan fingerprint density at radius 1 is 1.19 bits per heavy atom. The molecule has 3 aromatic rings. The van der Waals surface area contributed by atoms with Gasteiger partial charge in [0.25, 0.3) is 0 Å². The third-order valence-electron chi connectivity index (χ3n) is 5.64. The van der Waals surface area contributed by atoms with E-state index in [1.165, 1.54) is 0 Å². The number of hydrogen-bond donors (Lipinski definition) is 2. The van der Waals surface area contributed by atoms with E-state index in [1.807, 2.05) is 34.0 Å². The van der Waals surface area contributed by atoms with Crippen LogP contribution in [0.25, 0.3) is 22.0 Å². The largest absolute Gasteiger partial charge is 0.444 e. The van der Waals surface area contributed by atoms with Crippen molar-refractivity contribution in [3.8, 4) is 11.1 Å². The molecule has 1 amide bonds. The molecule has 9 nitrogen and oxygen atoms in total. The van der Waals surface area contributed by atoms with Crippen molar-refractivity contribution in [3.05, 3.63) is 31.0 Å². The third-order valence-corrected chi connectivity index (χ3v) is 5.64. The molecule has 2 N–H and O–H groups in total. The van der Waals surface area contributed by atoms with Crippen molar-refractivity contribution in [2.24, 2.45) is 13.0 Å². The van der Waals surface area contributed by atoms with Gasteiger partial charge in [-0.05, 0) is 39.5 Å². The molecule has 0 aromatic carbocycles. The van der Waals surface area contributed by atoms with Crippen LogP contribution in [0.5, 0.6) is 0 Å². The maximum absolute atomic E-state index is 12.3. The fraction of sp³-hybridized carbons (Fsp3) is 0.522. The van der Waals surface area contributed by atoms with Crippen LogP contribution in [0.15, 0.2) is 31.0 Å². The number of rotatable bonds is 5. The number of fused-ring (bicyclic) bond motifs is 1. The molecule has 2 unspecified atom stereocenters. The van der Waals surface area contributed by atoms with Crippen LogP contribution in [0.1, 0.15) is 46.5 Å². The van der Waals surface area contributed by atoms with Gasteiger partial charge in [0.15, 0.2) is 0 Å². The summed E-state index contributed by atoms with van der Waals surface area (Å²) in [4.78, 5) is 25.8. The van der Waals surface area contributed by atoms with E-state index in [-0.39, 0.29) is 18.1 Å². The Bertz CT molecular complexity index is 1090. The zero-order valence-electron chi connectivity index (χ0n) is 19.1. The molecule has 3 aromatic heterocycles. The lowest BCUT2D eigenvalue weighted by Crippen LogP contribution is -2.46. The highest BCUT2D eigenvalue weighted by atomic mass is 16.6. The first-order valence-electron chi connectivity index (χ1n) is 11.1. The number of nitrogens with one attached hydrogen (secondary N) is 2. The second kappa shape index (κ2) is 9.10. The van der Waals surface area contributed by atoms with Crippen molar-refractivity contribution in [1.29, 1.82) is 0 Å². The van der Waals surface area contributed by atoms with Crippen LogP contribution < -0.4 is 10.6 Å². The summed E-state index contributed by atoms with van der Waals surface area (Å²) in [5, 5.41) is 11.6. The average molecular weight is 438 g/mol. The van der Waals surface area contributed by atoms with Crippen molar-refractivity contribution < 1.29 is 9.53 Å². The van der Waals surface area contributed by atoms with Gasteiger partial charge in [0.05, 0.1) is 11.7 Å². The van der Waals surface area contributed by atoms with Gasteiger partial charge in [0, 0.05) is 60.9 Å². The normalized spacial score (nSPS) is 19.0. The number of pyridine rings is 1. The van der Waals surface area contributed by atoms with Crippen LogP contribution in [-0.4, -0.2) is 49.0 Å². The lowest BCUT2D eigenvalue weighted by molar-refractivity contribution is 0.0472. The average Bonchev–Trinajstić information content (AvgIpc) is 3.17. The van der Waals surface area contributed by atoms with Crippen molar-refractivity contribution in [3.63, 3.8) is 0 Å². The Kier molecular flexibility index (Phi) is 6.25. The van der Waals surface area contributed by atoms with Crippen LogP contribution >= 0.6 is 0 Å². The zero-order valence-corrected chi connectivity index (χ0v) is 19.1. The summed E-state index contributed by atoms with van der Waals surface area (Å²) in [5.74, 6) is 0.848. The number of anilines is 1. The summed E-state index contributed by atoms with van der Waals surface area (Å²) in [5.41, 5.74) is 2.21. The summed E-state index contributed by atoms with van der Waals surface area (Å²) in [7, 11) is 1.88. The number of hydrogen-bond acceptors (Lipinski definition) is 7. The number of aryl methyl sites for hydroxylation is 1. The molecule has 1 fully saturated rings. The molecule has 9 heteroatoms. The first-order valence-corrected chi connectivity index (χ1v) is 11.1. The van der Waals surface area contributed by atoms with Crippen LogP contribution in [0, 0.1) is 5.92 Å². The van der Waals surface area contributed by atoms with Crippen molar-refractivity contribution >= 4 is 22.9 Å². The fourth-order valence-corrected chi connectivity index (χ4v) is 4.13. The second-order valence-electron chi connectivity index (χ2n) is 9.40. The Morgan fingerprint density at radius 3 is 2.75 bits per heavy atom. The first kappa shape index (κ1) is 22.0. The minimum Gasteiger partial charge on any atom is -0.444 e. The lowest BCUT2D eigenvalue weighted by Gasteiger charge is -2.33. The van der Waals surface area contributed by atoms with E-state index in [9.17, 15) is 4.79 Å². The molecular weight excluding hydrogens is 406 g/mol. The molecule has 0 aliphatic heterocycles. The zero-order chi connectivity index (χ0) is 22.7. The molecule has 32 heavy (non-hydrogen) atoms. The smallest absolute Gasteiger partial charge is 0.407 e. The van der Waals surface area contributed by atoms with Crippen molar-refractivity contribution in [2.75, 3.05) is 11.9 Å². The monoisotopic (exact) mass is 437 g/mol. The molecule has 0 radical (unpaired) electrons. The Balaban J connectivity index is 1.47. The molecule has 170 valence electrons. The number of carbonyl (C=O) groups is 1. The highest BCUT2D eigenvalue weighted by molar-refractivity contribution is 5.92. The molecule has 2 atom stereocenters. The van der Waals surface area contributed by atoms with Gasteiger partial charge in [-0.15, -0.1) is 0 Å². The van der Waals surface area contributed by atoms with E-state index in [4.69, 9.17) is 9.72 Å². The summed E-state index contributed by atoms with van der Waals surface area (Å²) in [6.45, 7) is 6.30. The van der Waals surface area contributed by atoms with Gasteiger partial charge in [-0.1, -0.05) is 12.8 Å². The molecular formula is C23H31N7O2. The molecule has 3 heterocycles. The van der Waals surface area contributed by atoms with Crippen LogP contribution in [0.4, 0.5) is 10.7 Å².